The maximum absolute atomic E-state index is 13.2. The first kappa shape index (κ1) is 83.4. The second-order valence-corrected chi connectivity index (χ2v) is 37.0. The minimum absolute atomic E-state index is 0.0990. The molecule has 0 aliphatic carbocycles. The lowest BCUT2D eigenvalue weighted by Crippen LogP contribution is -2.46. The van der Waals surface area contributed by atoms with Crippen LogP contribution in [0.15, 0.2) is 148 Å². The second-order valence-electron chi connectivity index (χ2n) is 31.0. The summed E-state index contributed by atoms with van der Waals surface area (Å²) >= 11 is 43.4. The summed E-state index contributed by atoms with van der Waals surface area (Å²) in [5.41, 5.74) is 17.0. The van der Waals surface area contributed by atoms with Gasteiger partial charge in [0.15, 0.2) is 5.16 Å². The number of nitrogens with two attached hydrogens (primary N) is 1. The van der Waals surface area contributed by atoms with Crippen molar-refractivity contribution in [1.29, 1.82) is 0 Å². The van der Waals surface area contributed by atoms with Gasteiger partial charge in [-0.15, -0.1) is 0 Å². The van der Waals surface area contributed by atoms with Gasteiger partial charge in [-0.25, -0.2) is 39.5 Å². The Labute approximate surface area is 698 Å². The number of fused-ring (bicyclic) bond motifs is 6. The highest BCUT2D eigenvalue weighted by molar-refractivity contribution is 8.00. The molecule has 15 rings (SSSR count). The van der Waals surface area contributed by atoms with Crippen LogP contribution in [-0.2, 0) is 45.4 Å². The van der Waals surface area contributed by atoms with Gasteiger partial charge in [0.25, 0.3) is 17.7 Å². The minimum atomic E-state index is -0.565. The molecule has 5 N–H and O–H groups in total. The zero-order valence-corrected chi connectivity index (χ0v) is 71.5. The van der Waals surface area contributed by atoms with Gasteiger partial charge >= 0.3 is 12.2 Å². The number of thioether (sulfide) groups is 4. The van der Waals surface area contributed by atoms with Crippen molar-refractivity contribution in [2.45, 2.75) is 150 Å². The molecule has 6 aliphatic rings. The molecule has 586 valence electrons. The van der Waals surface area contributed by atoms with Crippen LogP contribution in [0, 0.1) is 0 Å². The average molecular weight is 1710 g/mol. The Balaban J connectivity index is 0.000000144. The molecule has 9 heterocycles. The van der Waals surface area contributed by atoms with Crippen molar-refractivity contribution in [2.75, 3.05) is 74.6 Å². The maximum Gasteiger partial charge on any atom is 0.410 e. The van der Waals surface area contributed by atoms with Crippen LogP contribution < -0.4 is 36.4 Å². The van der Waals surface area contributed by atoms with E-state index < -0.39 is 11.2 Å². The molecule has 32 heteroatoms. The molecule has 0 unspecified atom stereocenters. The molecular formula is C80H83Cl6N15O7S4. The normalized spacial score (nSPS) is 16.4. The van der Waals surface area contributed by atoms with Gasteiger partial charge in [-0.05, 0) is 154 Å². The highest BCUT2D eigenvalue weighted by Crippen LogP contribution is 2.45. The molecule has 5 amide bonds. The van der Waals surface area contributed by atoms with Gasteiger partial charge in [-0.1, -0.05) is 195 Å². The van der Waals surface area contributed by atoms with Gasteiger partial charge in [0, 0.05) is 91.2 Å². The van der Waals surface area contributed by atoms with Gasteiger partial charge in [0.1, 0.15) is 26.3 Å². The summed E-state index contributed by atoms with van der Waals surface area (Å²) in [4.78, 5) is 98.7. The summed E-state index contributed by atoms with van der Waals surface area (Å²) in [6, 6.07) is 33.8. The highest BCUT2D eigenvalue weighted by Gasteiger charge is 2.40. The second kappa shape index (κ2) is 33.8. The molecule has 0 saturated carbocycles. The third-order valence-electron chi connectivity index (χ3n) is 18.6. The topological polar surface area (TPSA) is 259 Å². The third-order valence-corrected chi connectivity index (χ3v) is 23.9. The zero-order chi connectivity index (χ0) is 80.7. The molecule has 3 aromatic heterocycles. The summed E-state index contributed by atoms with van der Waals surface area (Å²) in [6.45, 7) is 28.2. The molecule has 6 aliphatic heterocycles. The number of anilines is 8. The number of para-hydroxylation sites is 3. The lowest BCUT2D eigenvalue weighted by atomic mass is 9.78. The summed E-state index contributed by atoms with van der Waals surface area (Å²) < 4.78 is 11.1. The fourth-order valence-corrected chi connectivity index (χ4v) is 18.6. The van der Waals surface area contributed by atoms with Crippen LogP contribution in [0.5, 0.6) is 0 Å². The Bertz CT molecular complexity index is 5130. The maximum atomic E-state index is 13.2. The first-order valence-corrected chi connectivity index (χ1v) is 42.0. The van der Waals surface area contributed by atoms with Crippen LogP contribution in [0.1, 0.15) is 148 Å². The average Bonchev–Trinajstić information content (AvgIpc) is 0.788. The van der Waals surface area contributed by atoms with E-state index in [-0.39, 0.29) is 46.2 Å². The predicted octanol–water partition coefficient (Wildman–Crippen LogP) is 20.4. The number of amides is 5. The fourth-order valence-electron chi connectivity index (χ4n) is 13.6. The number of rotatable bonds is 8. The molecular weight excluding hydrogens is 1620 g/mol. The number of nitrogens with zero attached hydrogens (tertiary/aromatic N) is 11. The number of carbonyl (C=O) groups excluding carboxylic acids is 5. The van der Waals surface area contributed by atoms with Gasteiger partial charge in [-0.2, -0.15) is 0 Å². The molecule has 0 saturated heterocycles. The fraction of sp³-hybridized carbons (Fsp3) is 0.338. The minimum Gasteiger partial charge on any atom is -0.444 e. The van der Waals surface area contributed by atoms with Crippen molar-refractivity contribution < 1.29 is 33.4 Å². The quantitative estimate of drug-likeness (QED) is 0.0477. The molecule has 9 aromatic rings. The van der Waals surface area contributed by atoms with Crippen LogP contribution in [0.4, 0.5) is 55.6 Å². The number of nitrogen functional groups attached to an aromatic ring is 1. The van der Waals surface area contributed by atoms with Crippen molar-refractivity contribution in [3.05, 3.63) is 208 Å². The smallest absolute Gasteiger partial charge is 0.410 e. The van der Waals surface area contributed by atoms with Gasteiger partial charge in [0.05, 0.1) is 81.5 Å². The number of carbonyl (C=O) groups is 5. The number of nitrogens with one attached hydrogen (secondary N) is 3. The Morgan fingerprint density at radius 3 is 1.25 bits per heavy atom. The Hall–Kier alpha value is -7.99. The molecule has 0 fully saturated rings. The van der Waals surface area contributed by atoms with Crippen LogP contribution in [0.3, 0.4) is 0 Å². The zero-order valence-electron chi connectivity index (χ0n) is 63.7. The Morgan fingerprint density at radius 1 is 0.500 bits per heavy atom. The summed E-state index contributed by atoms with van der Waals surface area (Å²) in [7, 11) is 0. The largest absolute Gasteiger partial charge is 0.444 e. The molecule has 22 nitrogen and oxygen atoms in total. The van der Waals surface area contributed by atoms with Crippen LogP contribution in [-0.4, -0.2) is 124 Å². The van der Waals surface area contributed by atoms with E-state index in [1.807, 2.05) is 78.1 Å². The molecule has 0 spiro atoms. The third kappa shape index (κ3) is 19.0. The number of hydrogen-bond acceptors (Lipinski definition) is 21. The number of benzene rings is 6. The summed E-state index contributed by atoms with van der Waals surface area (Å²) in [5, 5.41) is 15.1. The Morgan fingerprint density at radius 2 is 0.857 bits per heavy atom. The van der Waals surface area contributed by atoms with E-state index in [1.54, 1.807) is 86.6 Å². The van der Waals surface area contributed by atoms with Gasteiger partial charge < -0.3 is 41.0 Å². The van der Waals surface area contributed by atoms with Crippen LogP contribution in [0.2, 0.25) is 30.1 Å². The van der Waals surface area contributed by atoms with E-state index in [2.05, 4.69) is 112 Å². The van der Waals surface area contributed by atoms with Gasteiger partial charge in [-0.3, -0.25) is 29.1 Å². The van der Waals surface area contributed by atoms with Crippen molar-refractivity contribution in [3.63, 3.8) is 0 Å². The van der Waals surface area contributed by atoms with E-state index in [1.165, 1.54) is 80.4 Å². The van der Waals surface area contributed by atoms with E-state index in [9.17, 15) is 24.0 Å². The van der Waals surface area contributed by atoms with Crippen molar-refractivity contribution in [1.82, 2.24) is 45.0 Å². The van der Waals surface area contributed by atoms with Crippen LogP contribution in [0.25, 0.3) is 0 Å². The van der Waals surface area contributed by atoms with Crippen molar-refractivity contribution in [2.24, 2.45) is 0 Å². The molecule has 0 radical (unpaired) electrons. The van der Waals surface area contributed by atoms with E-state index in [0.717, 1.165) is 41.3 Å². The summed E-state index contributed by atoms with van der Waals surface area (Å²) in [6.07, 6.45) is 5.93. The van der Waals surface area contributed by atoms with Crippen LogP contribution >= 0.6 is 117 Å². The SMILES string of the molecule is CC(C)(C)OC(=O)N1Cc2cc(N)ccc2C(C)(C)C1.CC(C)(C)OC(=O)N1Cc2cc(Nc3ncc4c(n3)SCN(c3c(Cl)cccc3Cl)C4=O)ccc2C(C)(C)C1.CC1(C)CNCc2cc(Nc3ncc4c(n3)SCN(c3c(Cl)cccc3Cl)C4=O)ccc21.CSc1ncc2c(n1)SCN(c1c(Cl)cccc1Cl)C2=O. The molecule has 112 heavy (non-hydrogen) atoms. The van der Waals surface area contributed by atoms with Gasteiger partial charge in [0.2, 0.25) is 11.9 Å². The first-order chi connectivity index (χ1) is 52.8. The van der Waals surface area contributed by atoms with E-state index in [4.69, 9.17) is 84.8 Å². The molecule has 0 atom stereocenters. The van der Waals surface area contributed by atoms with E-state index in [0.29, 0.717) is 140 Å². The number of ether oxygens (including phenoxy) is 2. The van der Waals surface area contributed by atoms with Crippen molar-refractivity contribution in [3.8, 4) is 0 Å². The standard InChI is InChI=1S/C28H29Cl2N5O3S.C23H21Cl2N5OS.C16H24N2O2.C13H9Cl2N3OS2/c1-27(2,3)38-26(37)34-13-16-11-17(9-10-19(16)28(4,5)14-34)32-25-31-12-18-23(33-25)39-15-35(24(18)36)22-20(29)7-6-8-21(22)30;1-23(2)11-26-9-13-8-14(6-7-16(13)23)28-22-27-10-15-20(29-22)32-12-30(21(15)31)19-17(24)4-3-5-18(19)25;1-15(2,3)20-14(19)18-9-11-8-12(17)6-7-13(11)16(4,5)10-18;1-20-13-16-5-7-11(17-13)21-6-18(12(7)19)10-8(14)3-2-4-9(10)15/h6-12H,13-15H2,1-5H3,(H,31,32,33);3-8,10,26H,9,11-12H2,1-2H3,(H,27,28,29);6-8H,9-10,17H2,1-5H3;2-5H,6H2,1H3. The monoisotopic (exact) mass is 1700 g/mol. The lowest BCUT2D eigenvalue weighted by Gasteiger charge is -2.40. The van der Waals surface area contributed by atoms with E-state index >= 15 is 0 Å². The molecule has 0 bridgehead atoms. The predicted molar refractivity (Wildman–Crippen MR) is 454 cm³/mol. The molecule has 6 aromatic carbocycles. The van der Waals surface area contributed by atoms with Crippen molar-refractivity contribution >= 4 is 193 Å². The number of halogens is 6. The Kier molecular flexibility index (Phi) is 25.2. The highest BCUT2D eigenvalue weighted by atomic mass is 35.5. The summed E-state index contributed by atoms with van der Waals surface area (Å²) in [5.74, 6) is 1.26. The number of aromatic nitrogens is 6. The lowest BCUT2D eigenvalue weighted by molar-refractivity contribution is 0.0165. The number of hydrogen-bond donors (Lipinski definition) is 4. The first-order valence-electron chi connectivity index (χ1n) is 35.5.